The molecule has 0 unspecified atom stereocenters. The van der Waals surface area contributed by atoms with Crippen LogP contribution >= 0.6 is 11.8 Å². The van der Waals surface area contributed by atoms with Crippen LogP contribution in [0.15, 0.2) is 46.3 Å². The van der Waals surface area contributed by atoms with Gasteiger partial charge in [0.15, 0.2) is 0 Å². The zero-order chi connectivity index (χ0) is 13.0. The molecule has 0 spiro atoms. The molecule has 3 nitrogen and oxygen atoms in total. The Hall–Kier alpha value is -1.52. The number of aromatic nitrogens is 1. The number of ether oxygens (including phenoxy) is 1. The molecule has 0 aliphatic rings. The summed E-state index contributed by atoms with van der Waals surface area (Å²) >= 11 is 1.61. The monoisotopic (exact) mass is 260 g/mol. The first kappa shape index (κ1) is 12.9. The van der Waals surface area contributed by atoms with E-state index >= 15 is 0 Å². The molecule has 0 aliphatic heterocycles. The van der Waals surface area contributed by atoms with E-state index in [9.17, 15) is 0 Å². The van der Waals surface area contributed by atoms with Crippen LogP contribution < -0.4 is 10.5 Å². The molecular formula is C14H16N2OS. The van der Waals surface area contributed by atoms with Gasteiger partial charge >= 0.3 is 0 Å². The average molecular weight is 260 g/mol. The number of pyridine rings is 1. The number of nitrogens with two attached hydrogens (primary N) is 1. The second kappa shape index (κ2) is 5.89. The minimum Gasteiger partial charge on any atom is -0.497 e. The zero-order valence-electron chi connectivity index (χ0n) is 10.5. The van der Waals surface area contributed by atoms with Gasteiger partial charge in [-0.2, -0.15) is 0 Å². The number of rotatable bonds is 4. The fourth-order valence-corrected chi connectivity index (χ4v) is 2.60. The van der Waals surface area contributed by atoms with Crippen LogP contribution in [0.3, 0.4) is 0 Å². The Labute approximate surface area is 111 Å². The quantitative estimate of drug-likeness (QED) is 0.918. The fraction of sp³-hybridized carbons (Fsp3) is 0.214. The van der Waals surface area contributed by atoms with Crippen LogP contribution in [0.5, 0.6) is 5.75 Å². The SMILES string of the molecule is COc1cccc(Sc2nc(C)ccc2CN)c1. The molecule has 0 amide bonds. The molecule has 0 atom stereocenters. The number of hydrogen-bond donors (Lipinski definition) is 1. The van der Waals surface area contributed by atoms with Crippen LogP contribution in [0.2, 0.25) is 0 Å². The normalized spacial score (nSPS) is 10.4. The van der Waals surface area contributed by atoms with Gasteiger partial charge in [-0.3, -0.25) is 0 Å². The van der Waals surface area contributed by atoms with Gasteiger partial charge in [-0.25, -0.2) is 4.98 Å². The molecule has 1 aromatic carbocycles. The molecule has 1 aromatic heterocycles. The molecule has 0 bridgehead atoms. The van der Waals surface area contributed by atoms with Gasteiger partial charge in [0.25, 0.3) is 0 Å². The van der Waals surface area contributed by atoms with Crippen LogP contribution in [-0.4, -0.2) is 12.1 Å². The molecule has 0 aliphatic carbocycles. The van der Waals surface area contributed by atoms with Crippen LogP contribution in [0, 0.1) is 6.92 Å². The predicted molar refractivity (Wildman–Crippen MR) is 74.0 cm³/mol. The Morgan fingerprint density at radius 2 is 2.11 bits per heavy atom. The van der Waals surface area contributed by atoms with Crippen molar-refractivity contribution in [3.63, 3.8) is 0 Å². The largest absolute Gasteiger partial charge is 0.497 e. The Morgan fingerprint density at radius 3 is 2.83 bits per heavy atom. The summed E-state index contributed by atoms with van der Waals surface area (Å²) in [6, 6.07) is 12.0. The van der Waals surface area contributed by atoms with E-state index in [2.05, 4.69) is 4.98 Å². The van der Waals surface area contributed by atoms with Gasteiger partial charge in [0.1, 0.15) is 10.8 Å². The molecular weight excluding hydrogens is 244 g/mol. The summed E-state index contributed by atoms with van der Waals surface area (Å²) in [6.45, 7) is 2.48. The average Bonchev–Trinajstić information content (AvgIpc) is 2.39. The fourth-order valence-electron chi connectivity index (χ4n) is 1.58. The van der Waals surface area contributed by atoms with Crippen LogP contribution in [-0.2, 0) is 6.54 Å². The Balaban J connectivity index is 2.29. The summed E-state index contributed by atoms with van der Waals surface area (Å²) in [7, 11) is 1.67. The highest BCUT2D eigenvalue weighted by molar-refractivity contribution is 7.99. The van der Waals surface area contributed by atoms with Crippen LogP contribution in [0.4, 0.5) is 0 Å². The van der Waals surface area contributed by atoms with Crippen molar-refractivity contribution in [2.24, 2.45) is 5.73 Å². The summed E-state index contributed by atoms with van der Waals surface area (Å²) < 4.78 is 5.21. The number of methoxy groups -OCH3 is 1. The molecule has 2 rings (SSSR count). The van der Waals surface area contributed by atoms with Crippen molar-refractivity contribution in [1.29, 1.82) is 0 Å². The first-order chi connectivity index (χ1) is 8.72. The molecule has 0 fully saturated rings. The van der Waals surface area contributed by atoms with Crippen molar-refractivity contribution in [2.75, 3.05) is 7.11 Å². The standard InChI is InChI=1S/C14H16N2OS/c1-10-6-7-11(9-15)14(16-10)18-13-5-3-4-12(8-13)17-2/h3-8H,9,15H2,1-2H3. The summed E-state index contributed by atoms with van der Waals surface area (Å²) in [5, 5.41) is 0.964. The molecule has 1 heterocycles. The van der Waals surface area contributed by atoms with Crippen molar-refractivity contribution in [3.05, 3.63) is 47.7 Å². The molecule has 2 N–H and O–H groups in total. The molecule has 0 saturated carbocycles. The Kier molecular flexibility index (Phi) is 4.23. The molecule has 18 heavy (non-hydrogen) atoms. The number of benzene rings is 1. The van der Waals surface area contributed by atoms with Crippen molar-refractivity contribution >= 4 is 11.8 Å². The number of nitrogens with zero attached hydrogens (tertiary/aromatic N) is 1. The highest BCUT2D eigenvalue weighted by Crippen LogP contribution is 2.31. The van der Waals surface area contributed by atoms with Crippen molar-refractivity contribution in [1.82, 2.24) is 4.98 Å². The van der Waals surface area contributed by atoms with E-state index in [1.165, 1.54) is 0 Å². The van der Waals surface area contributed by atoms with Gasteiger partial charge in [-0.1, -0.05) is 23.9 Å². The third-order valence-electron chi connectivity index (χ3n) is 2.55. The van der Waals surface area contributed by atoms with Gasteiger partial charge in [-0.05, 0) is 36.8 Å². The maximum Gasteiger partial charge on any atom is 0.119 e. The lowest BCUT2D eigenvalue weighted by Crippen LogP contribution is -2.00. The van der Waals surface area contributed by atoms with E-state index in [-0.39, 0.29) is 0 Å². The van der Waals surface area contributed by atoms with E-state index < -0.39 is 0 Å². The molecule has 94 valence electrons. The highest BCUT2D eigenvalue weighted by atomic mass is 32.2. The smallest absolute Gasteiger partial charge is 0.119 e. The van der Waals surface area contributed by atoms with Gasteiger partial charge < -0.3 is 10.5 Å². The first-order valence-corrected chi connectivity index (χ1v) is 6.53. The predicted octanol–water partition coefficient (Wildman–Crippen LogP) is 3.01. The minimum absolute atomic E-state index is 0.500. The van der Waals surface area contributed by atoms with Gasteiger partial charge in [0.2, 0.25) is 0 Å². The lowest BCUT2D eigenvalue weighted by Gasteiger charge is -2.08. The lowest BCUT2D eigenvalue weighted by molar-refractivity contribution is 0.413. The van der Waals surface area contributed by atoms with E-state index in [4.69, 9.17) is 10.5 Å². The number of aryl methyl sites for hydroxylation is 1. The third kappa shape index (κ3) is 3.03. The molecule has 2 aromatic rings. The lowest BCUT2D eigenvalue weighted by atomic mass is 10.2. The second-order valence-electron chi connectivity index (χ2n) is 3.90. The Morgan fingerprint density at radius 1 is 1.28 bits per heavy atom. The summed E-state index contributed by atoms with van der Waals surface area (Å²) in [4.78, 5) is 5.64. The molecule has 0 saturated heterocycles. The maximum absolute atomic E-state index is 5.73. The summed E-state index contributed by atoms with van der Waals surface area (Å²) in [5.41, 5.74) is 7.79. The van der Waals surface area contributed by atoms with E-state index in [1.54, 1.807) is 18.9 Å². The molecule has 4 heteroatoms. The third-order valence-corrected chi connectivity index (χ3v) is 3.59. The second-order valence-corrected chi connectivity index (χ2v) is 4.96. The zero-order valence-corrected chi connectivity index (χ0v) is 11.3. The number of hydrogen-bond acceptors (Lipinski definition) is 4. The van der Waals surface area contributed by atoms with Gasteiger partial charge in [-0.15, -0.1) is 0 Å². The van der Waals surface area contributed by atoms with E-state index in [0.29, 0.717) is 6.54 Å². The topological polar surface area (TPSA) is 48.1 Å². The summed E-state index contributed by atoms with van der Waals surface area (Å²) in [5.74, 6) is 0.849. The van der Waals surface area contributed by atoms with Crippen LogP contribution in [0.1, 0.15) is 11.3 Å². The maximum atomic E-state index is 5.73. The first-order valence-electron chi connectivity index (χ1n) is 5.71. The summed E-state index contributed by atoms with van der Waals surface area (Å²) in [6.07, 6.45) is 0. The van der Waals surface area contributed by atoms with Gasteiger partial charge in [0, 0.05) is 17.1 Å². The minimum atomic E-state index is 0.500. The van der Waals surface area contributed by atoms with Crippen molar-refractivity contribution in [3.8, 4) is 5.75 Å². The van der Waals surface area contributed by atoms with Crippen LogP contribution in [0.25, 0.3) is 0 Å². The van der Waals surface area contributed by atoms with Crippen molar-refractivity contribution in [2.45, 2.75) is 23.4 Å². The highest BCUT2D eigenvalue weighted by Gasteiger charge is 2.06. The van der Waals surface area contributed by atoms with Crippen molar-refractivity contribution < 1.29 is 4.74 Å². The van der Waals surface area contributed by atoms with Gasteiger partial charge in [0.05, 0.1) is 7.11 Å². The molecule has 0 radical (unpaired) electrons. The van der Waals surface area contributed by atoms with E-state index in [1.807, 2.05) is 43.3 Å². The van der Waals surface area contributed by atoms with E-state index in [0.717, 1.165) is 26.9 Å². The Bertz CT molecular complexity index is 543.